The van der Waals surface area contributed by atoms with Crippen molar-refractivity contribution in [3.63, 3.8) is 0 Å². The Labute approximate surface area is 135 Å². The minimum absolute atomic E-state index is 0.0542. The van der Waals surface area contributed by atoms with Crippen LogP contribution < -0.4 is 5.32 Å². The number of rotatable bonds is 6. The summed E-state index contributed by atoms with van der Waals surface area (Å²) in [7, 11) is 0. The van der Waals surface area contributed by atoms with Gasteiger partial charge in [-0.3, -0.25) is 4.79 Å². The molecule has 1 aliphatic rings. The molecule has 1 aromatic carbocycles. The molecule has 2 rings (SSSR count). The standard InChI is InChI=1S/C16H22ClNO2S/c1-11(21-15-7-5-14(17)6-8-15)16(20)18-9-12-3-2-4-13(12)10-19/h5-8,11-13,19H,2-4,9-10H2,1H3,(H,18,20). The zero-order valence-electron chi connectivity index (χ0n) is 12.2. The Kier molecular flexibility index (Phi) is 6.40. The van der Waals surface area contributed by atoms with Gasteiger partial charge in [-0.25, -0.2) is 0 Å². The number of halogens is 1. The highest BCUT2D eigenvalue weighted by Gasteiger charge is 2.27. The van der Waals surface area contributed by atoms with Gasteiger partial charge in [0.25, 0.3) is 0 Å². The van der Waals surface area contributed by atoms with Crippen LogP contribution in [0.1, 0.15) is 26.2 Å². The predicted octanol–water partition coefficient (Wildman–Crippen LogP) is 3.35. The molecule has 0 aliphatic heterocycles. The van der Waals surface area contributed by atoms with Crippen molar-refractivity contribution in [3.8, 4) is 0 Å². The summed E-state index contributed by atoms with van der Waals surface area (Å²) < 4.78 is 0. The van der Waals surface area contributed by atoms with Gasteiger partial charge in [0.05, 0.1) is 5.25 Å². The lowest BCUT2D eigenvalue weighted by Gasteiger charge is -2.19. The Morgan fingerprint density at radius 1 is 1.38 bits per heavy atom. The maximum absolute atomic E-state index is 12.1. The zero-order valence-corrected chi connectivity index (χ0v) is 13.8. The van der Waals surface area contributed by atoms with Crippen LogP contribution in [-0.2, 0) is 4.79 Å². The van der Waals surface area contributed by atoms with Gasteiger partial charge in [0.15, 0.2) is 0 Å². The summed E-state index contributed by atoms with van der Waals surface area (Å²) in [5, 5.41) is 12.9. The minimum atomic E-state index is -0.139. The number of benzene rings is 1. The van der Waals surface area contributed by atoms with Crippen molar-refractivity contribution in [2.45, 2.75) is 36.3 Å². The van der Waals surface area contributed by atoms with Crippen molar-refractivity contribution in [2.75, 3.05) is 13.2 Å². The molecule has 5 heteroatoms. The van der Waals surface area contributed by atoms with Gasteiger partial charge in [-0.05, 0) is 55.9 Å². The molecule has 21 heavy (non-hydrogen) atoms. The number of aliphatic hydroxyl groups excluding tert-OH is 1. The van der Waals surface area contributed by atoms with Crippen LogP contribution in [-0.4, -0.2) is 29.4 Å². The van der Waals surface area contributed by atoms with Crippen LogP contribution in [0.4, 0.5) is 0 Å². The van der Waals surface area contributed by atoms with Crippen LogP contribution in [0.5, 0.6) is 0 Å². The van der Waals surface area contributed by atoms with Gasteiger partial charge in [0, 0.05) is 23.1 Å². The molecule has 0 bridgehead atoms. The van der Waals surface area contributed by atoms with E-state index in [0.717, 1.165) is 24.2 Å². The van der Waals surface area contributed by atoms with Gasteiger partial charge in [-0.2, -0.15) is 0 Å². The highest BCUT2D eigenvalue weighted by atomic mass is 35.5. The molecule has 1 saturated carbocycles. The first kappa shape index (κ1) is 16.7. The maximum Gasteiger partial charge on any atom is 0.233 e. The lowest BCUT2D eigenvalue weighted by molar-refractivity contribution is -0.120. The van der Waals surface area contributed by atoms with Crippen LogP contribution in [0.15, 0.2) is 29.2 Å². The van der Waals surface area contributed by atoms with E-state index in [1.807, 2.05) is 31.2 Å². The highest BCUT2D eigenvalue weighted by Crippen LogP contribution is 2.31. The lowest BCUT2D eigenvalue weighted by atomic mass is 9.97. The molecule has 0 aromatic heterocycles. The van der Waals surface area contributed by atoms with E-state index >= 15 is 0 Å². The molecule has 0 radical (unpaired) electrons. The summed E-state index contributed by atoms with van der Waals surface area (Å²) >= 11 is 7.38. The molecule has 2 N–H and O–H groups in total. The fourth-order valence-electron chi connectivity index (χ4n) is 2.77. The number of amides is 1. The maximum atomic E-state index is 12.1. The normalized spacial score (nSPS) is 23.0. The molecular weight excluding hydrogens is 306 g/mol. The number of hydrogen-bond acceptors (Lipinski definition) is 3. The van der Waals surface area contributed by atoms with Crippen LogP contribution in [0, 0.1) is 11.8 Å². The van der Waals surface area contributed by atoms with Crippen LogP contribution in [0.25, 0.3) is 0 Å². The fraction of sp³-hybridized carbons (Fsp3) is 0.562. The van der Waals surface area contributed by atoms with Gasteiger partial charge < -0.3 is 10.4 Å². The molecule has 1 amide bonds. The molecule has 0 spiro atoms. The van der Waals surface area contributed by atoms with Crippen molar-refractivity contribution in [1.82, 2.24) is 5.32 Å². The van der Waals surface area contributed by atoms with Crippen molar-refractivity contribution in [1.29, 1.82) is 0 Å². The molecular formula is C16H22ClNO2S. The first-order valence-electron chi connectivity index (χ1n) is 7.41. The molecule has 1 fully saturated rings. The average molecular weight is 328 g/mol. The van der Waals surface area contributed by atoms with Crippen LogP contribution in [0.3, 0.4) is 0 Å². The van der Waals surface area contributed by atoms with Crippen LogP contribution >= 0.6 is 23.4 Å². The van der Waals surface area contributed by atoms with Crippen molar-refractivity contribution in [2.24, 2.45) is 11.8 Å². The minimum Gasteiger partial charge on any atom is -0.396 e. The van der Waals surface area contributed by atoms with Crippen molar-refractivity contribution in [3.05, 3.63) is 29.3 Å². The van der Waals surface area contributed by atoms with Gasteiger partial charge in [0.1, 0.15) is 0 Å². The monoisotopic (exact) mass is 327 g/mol. The second-order valence-electron chi connectivity index (χ2n) is 5.59. The Bertz CT molecular complexity index is 466. The first-order valence-corrected chi connectivity index (χ1v) is 8.66. The second kappa shape index (κ2) is 8.06. The Morgan fingerprint density at radius 3 is 2.71 bits per heavy atom. The van der Waals surface area contributed by atoms with E-state index in [9.17, 15) is 9.90 Å². The summed E-state index contributed by atoms with van der Waals surface area (Å²) in [6.07, 6.45) is 3.33. The van der Waals surface area contributed by atoms with Crippen LogP contribution in [0.2, 0.25) is 5.02 Å². The Hall–Kier alpha value is -0.710. The number of carbonyl (C=O) groups is 1. The van der Waals surface area contributed by atoms with E-state index in [-0.39, 0.29) is 17.8 Å². The highest BCUT2D eigenvalue weighted by molar-refractivity contribution is 8.00. The Balaban J connectivity index is 1.78. The quantitative estimate of drug-likeness (QED) is 0.788. The topological polar surface area (TPSA) is 49.3 Å². The summed E-state index contributed by atoms with van der Waals surface area (Å²) in [4.78, 5) is 13.2. The third kappa shape index (κ3) is 4.90. The summed E-state index contributed by atoms with van der Waals surface area (Å²) in [5.74, 6) is 0.828. The summed E-state index contributed by atoms with van der Waals surface area (Å²) in [5.41, 5.74) is 0. The first-order chi connectivity index (χ1) is 10.1. The molecule has 3 nitrogen and oxygen atoms in total. The number of nitrogens with one attached hydrogen (secondary N) is 1. The van der Waals surface area contributed by atoms with E-state index in [0.29, 0.717) is 23.4 Å². The average Bonchev–Trinajstić information content (AvgIpc) is 2.94. The SMILES string of the molecule is CC(Sc1ccc(Cl)cc1)C(=O)NCC1CCCC1CO. The smallest absolute Gasteiger partial charge is 0.233 e. The molecule has 1 aromatic rings. The molecule has 0 heterocycles. The second-order valence-corrected chi connectivity index (χ2v) is 7.44. The van der Waals surface area contributed by atoms with E-state index < -0.39 is 0 Å². The molecule has 0 saturated heterocycles. The van der Waals surface area contributed by atoms with Gasteiger partial charge in [-0.15, -0.1) is 11.8 Å². The number of hydrogen-bond donors (Lipinski definition) is 2. The third-order valence-electron chi connectivity index (χ3n) is 4.09. The molecule has 1 aliphatic carbocycles. The van der Waals surface area contributed by atoms with E-state index in [4.69, 9.17) is 11.6 Å². The third-order valence-corrected chi connectivity index (χ3v) is 5.45. The molecule has 3 unspecified atom stereocenters. The number of carbonyl (C=O) groups excluding carboxylic acids is 1. The van der Waals surface area contributed by atoms with Crippen molar-refractivity contribution < 1.29 is 9.90 Å². The fourth-order valence-corrected chi connectivity index (χ4v) is 3.79. The largest absolute Gasteiger partial charge is 0.396 e. The van der Waals surface area contributed by atoms with E-state index in [2.05, 4.69) is 5.32 Å². The van der Waals surface area contributed by atoms with Gasteiger partial charge in [-0.1, -0.05) is 18.0 Å². The van der Waals surface area contributed by atoms with Gasteiger partial charge >= 0.3 is 0 Å². The predicted molar refractivity (Wildman–Crippen MR) is 87.7 cm³/mol. The van der Waals surface area contributed by atoms with Crippen molar-refractivity contribution >= 4 is 29.3 Å². The molecule has 116 valence electrons. The Morgan fingerprint density at radius 2 is 2.05 bits per heavy atom. The summed E-state index contributed by atoms with van der Waals surface area (Å²) in [6, 6.07) is 7.52. The van der Waals surface area contributed by atoms with E-state index in [1.54, 1.807) is 0 Å². The number of aliphatic hydroxyl groups is 1. The number of thioether (sulfide) groups is 1. The van der Waals surface area contributed by atoms with E-state index in [1.165, 1.54) is 11.8 Å². The summed E-state index contributed by atoms with van der Waals surface area (Å²) in [6.45, 7) is 2.82. The zero-order chi connectivity index (χ0) is 15.2. The van der Waals surface area contributed by atoms with Gasteiger partial charge in [0.2, 0.25) is 5.91 Å². The molecule has 3 atom stereocenters. The lowest BCUT2D eigenvalue weighted by Crippen LogP contribution is -2.36.